The molecule has 3 nitrogen and oxygen atoms in total. The van der Waals surface area contributed by atoms with Gasteiger partial charge >= 0.3 is 0 Å². The van der Waals surface area contributed by atoms with Gasteiger partial charge in [0.1, 0.15) is 5.75 Å². The van der Waals surface area contributed by atoms with Crippen LogP contribution in [0.1, 0.15) is 41.3 Å². The van der Waals surface area contributed by atoms with Crippen LogP contribution in [0.15, 0.2) is 12.1 Å². The van der Waals surface area contributed by atoms with Gasteiger partial charge < -0.3 is 9.64 Å². The van der Waals surface area contributed by atoms with E-state index >= 15 is 0 Å². The van der Waals surface area contributed by atoms with Gasteiger partial charge in [0.2, 0.25) is 0 Å². The third-order valence-electron chi connectivity index (χ3n) is 4.13. The smallest absolute Gasteiger partial charge is 0.254 e. The number of benzene rings is 1. The number of hydrogen-bond acceptors (Lipinski definition) is 2. The Bertz CT molecular complexity index is 482. The molecule has 1 atom stereocenters. The number of nitrogens with zero attached hydrogens (tertiary/aromatic N) is 1. The van der Waals surface area contributed by atoms with Crippen molar-refractivity contribution in [2.75, 3.05) is 20.2 Å². The summed E-state index contributed by atoms with van der Waals surface area (Å²) in [4.78, 5) is 14.6. The van der Waals surface area contributed by atoms with Gasteiger partial charge in [0.15, 0.2) is 0 Å². The molecule has 19 heavy (non-hydrogen) atoms. The van der Waals surface area contributed by atoms with Gasteiger partial charge in [0, 0.05) is 18.7 Å². The van der Waals surface area contributed by atoms with E-state index in [2.05, 4.69) is 6.92 Å². The molecule has 1 amide bonds. The third kappa shape index (κ3) is 2.75. The third-order valence-corrected chi connectivity index (χ3v) is 4.13. The molecule has 1 aliphatic heterocycles. The molecule has 0 aliphatic carbocycles. The lowest BCUT2D eigenvalue weighted by Crippen LogP contribution is -2.39. The van der Waals surface area contributed by atoms with E-state index in [1.54, 1.807) is 7.11 Å². The number of carbonyl (C=O) groups is 1. The van der Waals surface area contributed by atoms with Crippen LogP contribution in [0.2, 0.25) is 0 Å². The highest BCUT2D eigenvalue weighted by atomic mass is 16.5. The summed E-state index contributed by atoms with van der Waals surface area (Å²) in [5.41, 5.74) is 2.90. The van der Waals surface area contributed by atoms with Crippen molar-refractivity contribution in [2.24, 2.45) is 5.92 Å². The van der Waals surface area contributed by atoms with Crippen LogP contribution in [0.4, 0.5) is 0 Å². The number of carbonyl (C=O) groups excluding carboxylic acids is 1. The van der Waals surface area contributed by atoms with Crippen molar-refractivity contribution in [1.82, 2.24) is 4.90 Å². The average molecular weight is 261 g/mol. The molecule has 0 bridgehead atoms. The van der Waals surface area contributed by atoms with Crippen molar-refractivity contribution in [1.29, 1.82) is 0 Å². The molecule has 104 valence electrons. The number of rotatable bonds is 2. The second kappa shape index (κ2) is 5.64. The Morgan fingerprint density at radius 3 is 2.68 bits per heavy atom. The van der Waals surface area contributed by atoms with E-state index < -0.39 is 0 Å². The van der Waals surface area contributed by atoms with Gasteiger partial charge in [-0.25, -0.2) is 0 Å². The Kier molecular flexibility index (Phi) is 4.13. The second-order valence-electron chi connectivity index (χ2n) is 5.56. The van der Waals surface area contributed by atoms with E-state index in [1.165, 1.54) is 6.42 Å². The van der Waals surface area contributed by atoms with Gasteiger partial charge in [0.25, 0.3) is 5.91 Å². The molecule has 2 rings (SSSR count). The van der Waals surface area contributed by atoms with Crippen molar-refractivity contribution in [3.8, 4) is 5.75 Å². The van der Waals surface area contributed by atoms with Crippen molar-refractivity contribution in [2.45, 2.75) is 33.6 Å². The Morgan fingerprint density at radius 1 is 1.32 bits per heavy atom. The first-order valence-corrected chi connectivity index (χ1v) is 6.98. The highest BCUT2D eigenvalue weighted by Gasteiger charge is 2.23. The predicted octanol–water partition coefficient (Wildman–Crippen LogP) is 3.18. The van der Waals surface area contributed by atoms with Crippen LogP contribution in [0, 0.1) is 19.8 Å². The normalized spacial score (nSPS) is 19.4. The fourth-order valence-electron chi connectivity index (χ4n) is 2.79. The maximum absolute atomic E-state index is 12.6. The number of ether oxygens (including phenoxy) is 1. The van der Waals surface area contributed by atoms with Crippen molar-refractivity contribution in [3.05, 3.63) is 28.8 Å². The van der Waals surface area contributed by atoms with Gasteiger partial charge in [-0.3, -0.25) is 4.79 Å². The highest BCUT2D eigenvalue weighted by Crippen LogP contribution is 2.26. The molecule has 0 N–H and O–H groups in total. The summed E-state index contributed by atoms with van der Waals surface area (Å²) in [5, 5.41) is 0. The highest BCUT2D eigenvalue weighted by molar-refractivity contribution is 5.96. The van der Waals surface area contributed by atoms with Crippen molar-refractivity contribution in [3.63, 3.8) is 0 Å². The van der Waals surface area contributed by atoms with Crippen molar-refractivity contribution >= 4 is 5.91 Å². The van der Waals surface area contributed by atoms with Crippen LogP contribution in [0.5, 0.6) is 5.75 Å². The molecule has 1 aliphatic rings. The first-order chi connectivity index (χ1) is 9.04. The number of amides is 1. The van der Waals surface area contributed by atoms with Gasteiger partial charge in [0.05, 0.1) is 7.11 Å². The SMILES string of the molecule is COc1ccc(C(=O)N2CCCC(C)C2)c(C)c1C. The topological polar surface area (TPSA) is 29.5 Å². The molecule has 1 heterocycles. The van der Waals surface area contributed by atoms with Crippen LogP contribution in [-0.2, 0) is 0 Å². The number of piperidine rings is 1. The van der Waals surface area contributed by atoms with Crippen LogP contribution in [0.3, 0.4) is 0 Å². The lowest BCUT2D eigenvalue weighted by Gasteiger charge is -2.31. The molecule has 3 heteroatoms. The van der Waals surface area contributed by atoms with Gasteiger partial charge in [-0.2, -0.15) is 0 Å². The minimum Gasteiger partial charge on any atom is -0.496 e. The van der Waals surface area contributed by atoms with E-state index in [9.17, 15) is 4.79 Å². The second-order valence-corrected chi connectivity index (χ2v) is 5.56. The van der Waals surface area contributed by atoms with Gasteiger partial charge in [-0.05, 0) is 55.9 Å². The van der Waals surface area contributed by atoms with E-state index in [0.29, 0.717) is 5.92 Å². The van der Waals surface area contributed by atoms with Crippen LogP contribution < -0.4 is 4.74 Å². The summed E-state index contributed by atoms with van der Waals surface area (Å²) in [6.45, 7) is 7.98. The Hall–Kier alpha value is -1.51. The van der Waals surface area contributed by atoms with Gasteiger partial charge in [-0.15, -0.1) is 0 Å². The summed E-state index contributed by atoms with van der Waals surface area (Å²) in [6.07, 6.45) is 2.34. The molecule has 0 radical (unpaired) electrons. The number of hydrogen-bond donors (Lipinski definition) is 0. The first kappa shape index (κ1) is 13.9. The fourth-order valence-corrected chi connectivity index (χ4v) is 2.79. The monoisotopic (exact) mass is 261 g/mol. The fraction of sp³-hybridized carbons (Fsp3) is 0.562. The van der Waals surface area contributed by atoms with E-state index in [1.807, 2.05) is 30.9 Å². The molecule has 0 aromatic heterocycles. The average Bonchev–Trinajstić information content (AvgIpc) is 2.41. The van der Waals surface area contributed by atoms with Crippen LogP contribution >= 0.6 is 0 Å². The summed E-state index contributed by atoms with van der Waals surface area (Å²) in [6, 6.07) is 3.78. The summed E-state index contributed by atoms with van der Waals surface area (Å²) in [5.74, 6) is 1.62. The molecule has 0 saturated carbocycles. The van der Waals surface area contributed by atoms with E-state index in [-0.39, 0.29) is 5.91 Å². The molecule has 1 aromatic carbocycles. The summed E-state index contributed by atoms with van der Waals surface area (Å²) < 4.78 is 5.30. The molecule has 1 unspecified atom stereocenters. The first-order valence-electron chi connectivity index (χ1n) is 6.98. The Labute approximate surface area is 115 Å². The van der Waals surface area contributed by atoms with Crippen LogP contribution in [0.25, 0.3) is 0 Å². The molecule has 1 fully saturated rings. The Balaban J connectivity index is 2.26. The molecule has 0 spiro atoms. The van der Waals surface area contributed by atoms with Crippen LogP contribution in [-0.4, -0.2) is 31.0 Å². The summed E-state index contributed by atoms with van der Waals surface area (Å²) in [7, 11) is 1.66. The Morgan fingerprint density at radius 2 is 2.05 bits per heavy atom. The molecular formula is C16H23NO2. The zero-order valence-corrected chi connectivity index (χ0v) is 12.3. The van der Waals surface area contributed by atoms with E-state index in [4.69, 9.17) is 4.74 Å². The maximum atomic E-state index is 12.6. The predicted molar refractivity (Wildman–Crippen MR) is 76.8 cm³/mol. The zero-order chi connectivity index (χ0) is 14.0. The minimum absolute atomic E-state index is 0.162. The maximum Gasteiger partial charge on any atom is 0.254 e. The molecule has 1 saturated heterocycles. The number of likely N-dealkylation sites (tertiary alicyclic amines) is 1. The zero-order valence-electron chi connectivity index (χ0n) is 12.3. The van der Waals surface area contributed by atoms with Crippen molar-refractivity contribution < 1.29 is 9.53 Å². The quantitative estimate of drug-likeness (QED) is 0.818. The lowest BCUT2D eigenvalue weighted by atomic mass is 9.97. The lowest BCUT2D eigenvalue weighted by molar-refractivity contribution is 0.0682. The standard InChI is InChI=1S/C16H23NO2/c1-11-6-5-9-17(10-11)16(18)14-7-8-15(19-4)13(3)12(14)2/h7-8,11H,5-6,9-10H2,1-4H3. The largest absolute Gasteiger partial charge is 0.496 e. The minimum atomic E-state index is 0.162. The molecule has 1 aromatic rings. The molecular weight excluding hydrogens is 238 g/mol. The number of methoxy groups -OCH3 is 1. The van der Waals surface area contributed by atoms with Gasteiger partial charge in [-0.1, -0.05) is 6.92 Å². The van der Waals surface area contributed by atoms with E-state index in [0.717, 1.165) is 42.0 Å². The summed E-state index contributed by atoms with van der Waals surface area (Å²) >= 11 is 0.